The predicted molar refractivity (Wildman–Crippen MR) is 117 cm³/mol. The van der Waals surface area contributed by atoms with Gasteiger partial charge in [-0.25, -0.2) is 0 Å². The van der Waals surface area contributed by atoms with Crippen molar-refractivity contribution >= 4 is 34.1 Å². The Morgan fingerprint density at radius 1 is 0.903 bits per heavy atom. The van der Waals surface area contributed by atoms with Gasteiger partial charge in [0.15, 0.2) is 0 Å². The van der Waals surface area contributed by atoms with Crippen molar-refractivity contribution < 1.29 is 17.9 Å². The highest BCUT2D eigenvalue weighted by Gasteiger charge is 2.32. The zero-order valence-corrected chi connectivity index (χ0v) is 17.9. The molecule has 0 radical (unpaired) electrons. The number of hydrogen-bond donors (Lipinski definition) is 0. The number of aryl methyl sites for hydroxylation is 1. The van der Waals surface area contributed by atoms with Crippen molar-refractivity contribution in [3.05, 3.63) is 76.2 Å². The van der Waals surface area contributed by atoms with Crippen molar-refractivity contribution in [2.24, 2.45) is 0 Å². The molecule has 4 rings (SSSR count). The number of hydrogen-bond acceptors (Lipinski definition) is 3. The molecule has 4 aromatic rings. The van der Waals surface area contributed by atoms with Gasteiger partial charge in [0.2, 0.25) is 0 Å². The summed E-state index contributed by atoms with van der Waals surface area (Å²) in [6, 6.07) is 13.1. The lowest BCUT2D eigenvalue weighted by molar-refractivity contribution is -0.141. The second kappa shape index (κ2) is 8.02. The van der Waals surface area contributed by atoms with Gasteiger partial charge in [-0.3, -0.25) is 9.97 Å². The normalized spacial score (nSPS) is 11.7. The van der Waals surface area contributed by atoms with Gasteiger partial charge in [0.25, 0.3) is 0 Å². The first-order valence-electron chi connectivity index (χ1n) is 9.16. The van der Waals surface area contributed by atoms with E-state index in [4.69, 9.17) is 27.9 Å². The lowest BCUT2D eigenvalue weighted by atomic mass is 9.98. The summed E-state index contributed by atoms with van der Waals surface area (Å²) in [5.74, 6) is 0.513. The Hall–Kier alpha value is -2.83. The summed E-state index contributed by atoms with van der Waals surface area (Å²) in [7, 11) is 1.53. The van der Waals surface area contributed by atoms with E-state index in [2.05, 4.69) is 9.97 Å². The fourth-order valence-corrected chi connectivity index (χ4v) is 4.03. The van der Waals surface area contributed by atoms with Crippen LogP contribution in [0.5, 0.6) is 5.75 Å². The number of benzene rings is 2. The van der Waals surface area contributed by atoms with Gasteiger partial charge in [-0.1, -0.05) is 53.5 Å². The molecule has 0 saturated heterocycles. The van der Waals surface area contributed by atoms with E-state index in [1.165, 1.54) is 19.4 Å². The molecule has 0 fully saturated rings. The van der Waals surface area contributed by atoms with E-state index >= 15 is 0 Å². The quantitative estimate of drug-likeness (QED) is 0.314. The van der Waals surface area contributed by atoms with E-state index in [1.807, 2.05) is 19.1 Å². The summed E-state index contributed by atoms with van der Waals surface area (Å²) >= 11 is 13.0. The average Bonchev–Trinajstić information content (AvgIpc) is 2.74. The van der Waals surface area contributed by atoms with Crippen LogP contribution in [0, 0.1) is 6.92 Å². The second-order valence-electron chi connectivity index (χ2n) is 6.90. The van der Waals surface area contributed by atoms with Crippen LogP contribution in [0.1, 0.15) is 11.4 Å². The van der Waals surface area contributed by atoms with Gasteiger partial charge in [0.1, 0.15) is 11.4 Å². The Morgan fingerprint density at radius 2 is 1.55 bits per heavy atom. The van der Waals surface area contributed by atoms with E-state index in [-0.39, 0.29) is 0 Å². The van der Waals surface area contributed by atoms with Crippen LogP contribution in [0.4, 0.5) is 13.2 Å². The van der Waals surface area contributed by atoms with Gasteiger partial charge in [0, 0.05) is 34.5 Å². The maximum absolute atomic E-state index is 12.7. The molecule has 0 aliphatic heterocycles. The van der Waals surface area contributed by atoms with E-state index < -0.39 is 11.9 Å². The number of fused-ring (bicyclic) bond motifs is 1. The van der Waals surface area contributed by atoms with Crippen LogP contribution in [0.15, 0.2) is 54.7 Å². The Kier molecular flexibility index (Phi) is 5.54. The van der Waals surface area contributed by atoms with Crippen LogP contribution in [0.2, 0.25) is 10.0 Å². The van der Waals surface area contributed by atoms with E-state index in [0.29, 0.717) is 32.3 Å². The standard InChI is InChI=1S/C23H15Cl2F3N2O/c1-12-21(22(25)16-9-17(24)19(31-2)10-18(16)30-12)14-5-3-13(4-6-14)15-7-8-20(29-11-15)23(26,27)28/h3-11H,1-2H3. The fourth-order valence-electron chi connectivity index (χ4n) is 3.39. The van der Waals surface area contributed by atoms with Gasteiger partial charge in [0.05, 0.1) is 22.7 Å². The molecule has 0 spiro atoms. The van der Waals surface area contributed by atoms with E-state index in [9.17, 15) is 13.2 Å². The zero-order chi connectivity index (χ0) is 22.3. The highest BCUT2D eigenvalue weighted by atomic mass is 35.5. The van der Waals surface area contributed by atoms with Crippen LogP contribution in [0.25, 0.3) is 33.2 Å². The molecule has 2 aromatic heterocycles. The number of methoxy groups -OCH3 is 1. The minimum Gasteiger partial charge on any atom is -0.495 e. The van der Waals surface area contributed by atoms with Gasteiger partial charge < -0.3 is 4.74 Å². The topological polar surface area (TPSA) is 35.0 Å². The minimum atomic E-state index is -4.47. The van der Waals surface area contributed by atoms with Crippen molar-refractivity contribution in [3.8, 4) is 28.0 Å². The molecule has 0 atom stereocenters. The van der Waals surface area contributed by atoms with Gasteiger partial charge in [-0.2, -0.15) is 13.2 Å². The van der Waals surface area contributed by atoms with E-state index in [1.54, 1.807) is 24.3 Å². The number of rotatable bonds is 3. The Balaban J connectivity index is 1.74. The third kappa shape index (κ3) is 4.05. The first kappa shape index (κ1) is 21.4. The van der Waals surface area contributed by atoms with Gasteiger partial charge in [-0.05, 0) is 30.2 Å². The first-order valence-corrected chi connectivity index (χ1v) is 9.92. The Labute approximate surface area is 186 Å². The highest BCUT2D eigenvalue weighted by Crippen LogP contribution is 2.39. The van der Waals surface area contributed by atoms with E-state index in [0.717, 1.165) is 28.5 Å². The summed E-state index contributed by atoms with van der Waals surface area (Å²) in [6.07, 6.45) is -3.25. The van der Waals surface area contributed by atoms with Crippen LogP contribution in [-0.4, -0.2) is 17.1 Å². The maximum atomic E-state index is 12.7. The van der Waals surface area contributed by atoms with Crippen molar-refractivity contribution in [1.82, 2.24) is 9.97 Å². The molecule has 8 heteroatoms. The van der Waals surface area contributed by atoms with Crippen molar-refractivity contribution in [1.29, 1.82) is 0 Å². The molecule has 0 bridgehead atoms. The number of pyridine rings is 2. The molecule has 2 aromatic carbocycles. The maximum Gasteiger partial charge on any atom is 0.433 e. The molecule has 158 valence electrons. The molecule has 0 aliphatic carbocycles. The molecular formula is C23H15Cl2F3N2O. The number of ether oxygens (including phenoxy) is 1. The summed E-state index contributed by atoms with van der Waals surface area (Å²) in [4.78, 5) is 8.15. The van der Waals surface area contributed by atoms with Gasteiger partial charge in [-0.15, -0.1) is 0 Å². The predicted octanol–water partition coefficient (Wildman–Crippen LogP) is 7.61. The third-order valence-electron chi connectivity index (χ3n) is 4.94. The molecule has 0 saturated carbocycles. The fraction of sp³-hybridized carbons (Fsp3) is 0.130. The molecule has 3 nitrogen and oxygen atoms in total. The molecular weight excluding hydrogens is 448 g/mol. The first-order chi connectivity index (χ1) is 14.7. The van der Waals surface area contributed by atoms with Crippen molar-refractivity contribution in [2.75, 3.05) is 7.11 Å². The molecule has 0 unspecified atom stereocenters. The lowest BCUT2D eigenvalue weighted by Gasteiger charge is -2.13. The summed E-state index contributed by atoms with van der Waals surface area (Å²) in [5, 5.41) is 1.64. The van der Waals surface area contributed by atoms with Crippen molar-refractivity contribution in [3.63, 3.8) is 0 Å². The second-order valence-corrected chi connectivity index (χ2v) is 7.68. The molecule has 0 N–H and O–H groups in total. The van der Waals surface area contributed by atoms with Crippen molar-refractivity contribution in [2.45, 2.75) is 13.1 Å². The number of aromatic nitrogens is 2. The van der Waals surface area contributed by atoms with Crippen LogP contribution < -0.4 is 4.74 Å². The van der Waals surface area contributed by atoms with Crippen LogP contribution in [-0.2, 0) is 6.18 Å². The summed E-state index contributed by atoms with van der Waals surface area (Å²) in [5.41, 5.74) is 3.37. The Bertz CT molecular complexity index is 1270. The van der Waals surface area contributed by atoms with Gasteiger partial charge >= 0.3 is 6.18 Å². The SMILES string of the molecule is COc1cc2nc(C)c(-c3ccc(-c4ccc(C(F)(F)F)nc4)cc3)c(Cl)c2cc1Cl. The smallest absolute Gasteiger partial charge is 0.433 e. The largest absolute Gasteiger partial charge is 0.495 e. The summed E-state index contributed by atoms with van der Waals surface area (Å²) < 4.78 is 43.4. The Morgan fingerprint density at radius 3 is 2.13 bits per heavy atom. The molecule has 2 heterocycles. The highest BCUT2D eigenvalue weighted by molar-refractivity contribution is 6.39. The number of halogens is 5. The summed E-state index contributed by atoms with van der Waals surface area (Å²) in [6.45, 7) is 1.86. The molecule has 0 aliphatic rings. The lowest BCUT2D eigenvalue weighted by Crippen LogP contribution is -2.07. The minimum absolute atomic E-state index is 0.429. The number of alkyl halides is 3. The molecule has 31 heavy (non-hydrogen) atoms. The number of nitrogens with zero attached hydrogens (tertiary/aromatic N) is 2. The zero-order valence-electron chi connectivity index (χ0n) is 16.4. The van der Waals surface area contributed by atoms with Crippen LogP contribution >= 0.6 is 23.2 Å². The third-order valence-corrected chi connectivity index (χ3v) is 5.62. The molecule has 0 amide bonds. The monoisotopic (exact) mass is 462 g/mol. The average molecular weight is 463 g/mol. The van der Waals surface area contributed by atoms with Crippen LogP contribution in [0.3, 0.4) is 0 Å².